The molecule has 1 aliphatic heterocycles. The molecule has 0 spiro atoms. The van der Waals surface area contributed by atoms with Gasteiger partial charge < -0.3 is 25.4 Å². The van der Waals surface area contributed by atoms with E-state index in [0.717, 1.165) is 25.2 Å². The monoisotopic (exact) mass is 475 g/mol. The van der Waals surface area contributed by atoms with Crippen molar-refractivity contribution in [1.82, 2.24) is 15.5 Å². The van der Waals surface area contributed by atoms with Crippen molar-refractivity contribution in [2.24, 2.45) is 11.8 Å². The topological polar surface area (TPSA) is 90.9 Å². The van der Waals surface area contributed by atoms with Crippen LogP contribution in [0.5, 0.6) is 0 Å². The van der Waals surface area contributed by atoms with Crippen molar-refractivity contribution < 1.29 is 19.4 Å². The van der Waals surface area contributed by atoms with E-state index in [1.54, 1.807) is 20.8 Å². The molecule has 0 bridgehead atoms. The summed E-state index contributed by atoms with van der Waals surface area (Å²) in [6, 6.07) is 9.14. The molecular weight excluding hydrogens is 430 g/mol. The minimum Gasteiger partial charge on any atom is -0.444 e. The zero-order valence-corrected chi connectivity index (χ0v) is 21.7. The van der Waals surface area contributed by atoms with Gasteiger partial charge in [-0.1, -0.05) is 50.6 Å². The molecule has 2 rings (SSSR count). The number of nitrogens with one attached hydrogen (secondary N) is 2. The standard InChI is InChI=1S/C27H45N3O4/c1-20(2)22(25(32)28-14-17-30-15-10-7-11-16-30)19-24(31)23(18-21-12-8-6-9-13-21)29-26(33)34-27(3,4)5/h6,8-9,12-13,20,22-24,31H,7,10-11,14-19H2,1-5H3,(H,28,32)(H,29,33)/t22-,23+,24+/m1/s1. The molecule has 7 heteroatoms. The van der Waals surface area contributed by atoms with Gasteiger partial charge in [0.2, 0.25) is 5.91 Å². The number of hydrogen-bond donors (Lipinski definition) is 3. The van der Waals surface area contributed by atoms with Crippen LogP contribution in [0.3, 0.4) is 0 Å². The van der Waals surface area contributed by atoms with Crippen molar-refractivity contribution >= 4 is 12.0 Å². The van der Waals surface area contributed by atoms with Crippen molar-refractivity contribution in [2.45, 2.75) is 84.5 Å². The van der Waals surface area contributed by atoms with Crippen molar-refractivity contribution in [1.29, 1.82) is 0 Å². The lowest BCUT2D eigenvalue weighted by atomic mass is 9.86. The Balaban J connectivity index is 2.00. The summed E-state index contributed by atoms with van der Waals surface area (Å²) in [6.07, 6.45) is 2.98. The Bertz CT molecular complexity index is 742. The maximum atomic E-state index is 13.0. The van der Waals surface area contributed by atoms with Gasteiger partial charge in [0.25, 0.3) is 0 Å². The third-order valence-corrected chi connectivity index (χ3v) is 6.28. The molecule has 0 saturated carbocycles. The highest BCUT2D eigenvalue weighted by Crippen LogP contribution is 2.21. The summed E-state index contributed by atoms with van der Waals surface area (Å²) in [4.78, 5) is 27.9. The number of amides is 2. The van der Waals surface area contributed by atoms with E-state index < -0.39 is 23.8 Å². The van der Waals surface area contributed by atoms with Crippen molar-refractivity contribution in [3.8, 4) is 0 Å². The summed E-state index contributed by atoms with van der Waals surface area (Å²) >= 11 is 0. The van der Waals surface area contributed by atoms with Crippen LogP contribution >= 0.6 is 0 Å². The van der Waals surface area contributed by atoms with Gasteiger partial charge in [-0.25, -0.2) is 4.79 Å². The normalized spacial score (nSPS) is 17.6. The molecule has 2 amide bonds. The molecule has 1 aliphatic rings. The second kappa shape index (κ2) is 13.7. The van der Waals surface area contributed by atoms with E-state index in [-0.39, 0.29) is 24.2 Å². The summed E-state index contributed by atoms with van der Waals surface area (Å²) in [5.74, 6) is -0.333. The van der Waals surface area contributed by atoms with Crippen LogP contribution < -0.4 is 10.6 Å². The molecule has 3 N–H and O–H groups in total. The fourth-order valence-electron chi connectivity index (χ4n) is 4.37. The summed E-state index contributed by atoms with van der Waals surface area (Å²) in [7, 11) is 0. The van der Waals surface area contributed by atoms with Gasteiger partial charge >= 0.3 is 6.09 Å². The van der Waals surface area contributed by atoms with Gasteiger partial charge in [-0.05, 0) is 71.0 Å². The molecule has 0 radical (unpaired) electrons. The van der Waals surface area contributed by atoms with Gasteiger partial charge in [0, 0.05) is 19.0 Å². The van der Waals surface area contributed by atoms with Gasteiger partial charge in [-0.3, -0.25) is 4.79 Å². The van der Waals surface area contributed by atoms with Crippen LogP contribution in [-0.2, 0) is 16.0 Å². The Morgan fingerprint density at radius 3 is 2.32 bits per heavy atom. The maximum absolute atomic E-state index is 13.0. The van der Waals surface area contributed by atoms with E-state index in [1.165, 1.54) is 19.3 Å². The van der Waals surface area contributed by atoms with Gasteiger partial charge in [-0.2, -0.15) is 0 Å². The van der Waals surface area contributed by atoms with E-state index in [2.05, 4.69) is 15.5 Å². The Labute approximate surface area is 205 Å². The highest BCUT2D eigenvalue weighted by molar-refractivity contribution is 5.79. The number of aliphatic hydroxyl groups is 1. The van der Waals surface area contributed by atoms with Crippen LogP contribution in [0.1, 0.15) is 65.9 Å². The van der Waals surface area contributed by atoms with Gasteiger partial charge in [0.1, 0.15) is 5.60 Å². The zero-order chi connectivity index (χ0) is 25.1. The predicted octanol–water partition coefficient (Wildman–Crippen LogP) is 3.75. The average Bonchev–Trinajstić information content (AvgIpc) is 2.76. The second-order valence-corrected chi connectivity index (χ2v) is 10.8. The largest absolute Gasteiger partial charge is 0.444 e. The van der Waals surface area contributed by atoms with Crippen LogP contribution in [0.2, 0.25) is 0 Å². The first-order valence-corrected chi connectivity index (χ1v) is 12.8. The number of carbonyl (C=O) groups is 2. The lowest BCUT2D eigenvalue weighted by Crippen LogP contribution is -2.49. The molecule has 1 aromatic rings. The lowest BCUT2D eigenvalue weighted by Gasteiger charge is -2.30. The quantitative estimate of drug-likeness (QED) is 0.453. The smallest absolute Gasteiger partial charge is 0.407 e. The van der Waals surface area contributed by atoms with Crippen LogP contribution in [0, 0.1) is 11.8 Å². The number of likely N-dealkylation sites (tertiary alicyclic amines) is 1. The summed E-state index contributed by atoms with van der Waals surface area (Å²) in [6.45, 7) is 13.1. The fraction of sp³-hybridized carbons (Fsp3) is 0.704. The number of aliphatic hydroxyl groups excluding tert-OH is 1. The first-order valence-electron chi connectivity index (χ1n) is 12.8. The molecule has 34 heavy (non-hydrogen) atoms. The first kappa shape index (κ1) is 28.1. The van der Waals surface area contributed by atoms with Crippen LogP contribution in [0.15, 0.2) is 30.3 Å². The molecule has 0 unspecified atom stereocenters. The first-order chi connectivity index (χ1) is 16.0. The van der Waals surface area contributed by atoms with Crippen LogP contribution in [0.4, 0.5) is 4.79 Å². The minimum atomic E-state index is -0.895. The Morgan fingerprint density at radius 2 is 1.74 bits per heavy atom. The van der Waals surface area contributed by atoms with Crippen molar-refractivity contribution in [3.63, 3.8) is 0 Å². The Hall–Kier alpha value is -2.12. The molecular formula is C27H45N3O4. The average molecular weight is 476 g/mol. The van der Waals surface area contributed by atoms with Crippen molar-refractivity contribution in [3.05, 3.63) is 35.9 Å². The molecule has 1 saturated heterocycles. The van der Waals surface area contributed by atoms with Gasteiger partial charge in [-0.15, -0.1) is 0 Å². The molecule has 1 fully saturated rings. The van der Waals surface area contributed by atoms with Crippen LogP contribution in [-0.4, -0.2) is 65.9 Å². The summed E-state index contributed by atoms with van der Waals surface area (Å²) in [5, 5.41) is 17.1. The number of hydrogen-bond acceptors (Lipinski definition) is 5. The van der Waals surface area contributed by atoms with E-state index in [0.29, 0.717) is 13.0 Å². The molecule has 3 atom stereocenters. The molecule has 0 aromatic heterocycles. The fourth-order valence-corrected chi connectivity index (χ4v) is 4.37. The molecule has 1 aromatic carbocycles. The third-order valence-electron chi connectivity index (χ3n) is 6.28. The van der Waals surface area contributed by atoms with Crippen LogP contribution in [0.25, 0.3) is 0 Å². The van der Waals surface area contributed by atoms with E-state index in [1.807, 2.05) is 44.2 Å². The summed E-state index contributed by atoms with van der Waals surface area (Å²) < 4.78 is 5.42. The van der Waals surface area contributed by atoms with Crippen molar-refractivity contribution in [2.75, 3.05) is 26.2 Å². The lowest BCUT2D eigenvalue weighted by molar-refractivity contribution is -0.127. The maximum Gasteiger partial charge on any atom is 0.407 e. The van der Waals surface area contributed by atoms with E-state index in [9.17, 15) is 14.7 Å². The zero-order valence-electron chi connectivity index (χ0n) is 21.7. The van der Waals surface area contributed by atoms with E-state index in [4.69, 9.17) is 4.74 Å². The predicted molar refractivity (Wildman–Crippen MR) is 136 cm³/mol. The molecule has 1 heterocycles. The molecule has 0 aliphatic carbocycles. The number of nitrogens with zero attached hydrogens (tertiary/aromatic N) is 1. The Kier molecular flexibility index (Phi) is 11.3. The minimum absolute atomic E-state index is 0.0400. The highest BCUT2D eigenvalue weighted by atomic mass is 16.6. The number of alkyl carbamates (subject to hydrolysis) is 1. The SMILES string of the molecule is CC(C)[C@@H](C[C@H](O)[C@H](Cc1ccccc1)NC(=O)OC(C)(C)C)C(=O)NCCN1CCCCC1. The number of piperidine rings is 1. The highest BCUT2D eigenvalue weighted by Gasteiger charge is 2.31. The second-order valence-electron chi connectivity index (χ2n) is 10.8. The third kappa shape index (κ3) is 10.4. The van der Waals surface area contributed by atoms with E-state index >= 15 is 0 Å². The number of ether oxygens (including phenoxy) is 1. The summed E-state index contributed by atoms with van der Waals surface area (Å²) in [5.41, 5.74) is 0.357. The molecule has 7 nitrogen and oxygen atoms in total. The molecule has 192 valence electrons. The van der Waals surface area contributed by atoms with Gasteiger partial charge in [0.15, 0.2) is 0 Å². The number of carbonyl (C=O) groups excluding carboxylic acids is 2. The Morgan fingerprint density at radius 1 is 1.09 bits per heavy atom. The number of benzene rings is 1. The number of rotatable bonds is 11. The van der Waals surface area contributed by atoms with Gasteiger partial charge in [0.05, 0.1) is 12.1 Å².